The SMILES string of the molecule is Nc1cc(S(N)(=O)=O)ccc1NC1(CO)CCCC1. The molecular weight excluding hydrogens is 266 g/mol. The van der Waals surface area contributed by atoms with Crippen molar-refractivity contribution in [2.45, 2.75) is 36.1 Å². The molecule has 0 aromatic heterocycles. The van der Waals surface area contributed by atoms with Crippen LogP contribution in [0.3, 0.4) is 0 Å². The van der Waals surface area contributed by atoms with E-state index in [1.54, 1.807) is 6.07 Å². The maximum absolute atomic E-state index is 11.2. The molecule has 1 fully saturated rings. The van der Waals surface area contributed by atoms with Gasteiger partial charge in [0.05, 0.1) is 28.4 Å². The van der Waals surface area contributed by atoms with Gasteiger partial charge in [0.2, 0.25) is 10.0 Å². The molecule has 6 nitrogen and oxygen atoms in total. The van der Waals surface area contributed by atoms with Crippen LogP contribution in [0.15, 0.2) is 23.1 Å². The van der Waals surface area contributed by atoms with Crippen LogP contribution in [0.5, 0.6) is 0 Å². The van der Waals surface area contributed by atoms with E-state index in [1.807, 2.05) is 0 Å². The molecule has 7 heteroatoms. The Morgan fingerprint density at radius 1 is 1.32 bits per heavy atom. The standard InChI is InChI=1S/C12H19N3O3S/c13-10-7-9(19(14,17)18)3-4-11(10)15-12(8-16)5-1-2-6-12/h3-4,7,15-16H,1-2,5-6,8,13H2,(H2,14,17,18). The summed E-state index contributed by atoms with van der Waals surface area (Å²) in [5.41, 5.74) is 6.44. The Bertz CT molecular complexity index is 566. The lowest BCUT2D eigenvalue weighted by molar-refractivity contribution is 0.214. The summed E-state index contributed by atoms with van der Waals surface area (Å²) in [5, 5.41) is 17.8. The highest BCUT2D eigenvalue weighted by Gasteiger charge is 2.33. The second-order valence-corrected chi connectivity index (χ2v) is 6.63. The van der Waals surface area contributed by atoms with E-state index in [0.29, 0.717) is 11.4 Å². The molecule has 0 heterocycles. The molecule has 0 bridgehead atoms. The van der Waals surface area contributed by atoms with Gasteiger partial charge in [-0.3, -0.25) is 0 Å². The molecule has 1 saturated carbocycles. The van der Waals surface area contributed by atoms with Gasteiger partial charge in [-0.05, 0) is 31.0 Å². The Balaban J connectivity index is 2.27. The van der Waals surface area contributed by atoms with E-state index in [2.05, 4.69) is 5.32 Å². The van der Waals surface area contributed by atoms with Crippen molar-refractivity contribution in [1.82, 2.24) is 0 Å². The Morgan fingerprint density at radius 3 is 2.42 bits per heavy atom. The maximum atomic E-state index is 11.2. The lowest BCUT2D eigenvalue weighted by Crippen LogP contribution is -2.39. The number of hydrogen-bond acceptors (Lipinski definition) is 5. The number of rotatable bonds is 4. The van der Waals surface area contributed by atoms with Gasteiger partial charge in [0.25, 0.3) is 0 Å². The quantitative estimate of drug-likeness (QED) is 0.605. The first-order valence-corrected chi connectivity index (χ1v) is 7.72. The third-order valence-electron chi connectivity index (χ3n) is 3.61. The fourth-order valence-corrected chi connectivity index (χ4v) is 3.04. The number of aliphatic hydroxyl groups excluding tert-OH is 1. The number of nitrogens with one attached hydrogen (secondary N) is 1. The minimum Gasteiger partial charge on any atom is -0.397 e. The average molecular weight is 285 g/mol. The van der Waals surface area contributed by atoms with E-state index >= 15 is 0 Å². The first-order chi connectivity index (χ1) is 8.86. The van der Waals surface area contributed by atoms with Crippen LogP contribution >= 0.6 is 0 Å². The van der Waals surface area contributed by atoms with Gasteiger partial charge in [0.15, 0.2) is 0 Å². The van der Waals surface area contributed by atoms with Gasteiger partial charge in [-0.1, -0.05) is 12.8 Å². The van der Waals surface area contributed by atoms with Crippen molar-refractivity contribution in [3.8, 4) is 0 Å². The molecule has 1 aliphatic carbocycles. The molecule has 0 unspecified atom stereocenters. The van der Waals surface area contributed by atoms with Crippen LogP contribution in [-0.4, -0.2) is 25.7 Å². The highest BCUT2D eigenvalue weighted by atomic mass is 32.2. The summed E-state index contributed by atoms with van der Waals surface area (Å²) in [7, 11) is -3.75. The van der Waals surface area contributed by atoms with Crippen molar-refractivity contribution in [2.24, 2.45) is 5.14 Å². The first-order valence-electron chi connectivity index (χ1n) is 6.18. The molecule has 1 aromatic carbocycles. The van der Waals surface area contributed by atoms with E-state index in [4.69, 9.17) is 10.9 Å². The monoisotopic (exact) mass is 285 g/mol. The second kappa shape index (κ2) is 4.99. The molecule has 0 amide bonds. The molecule has 19 heavy (non-hydrogen) atoms. The first kappa shape index (κ1) is 14.1. The van der Waals surface area contributed by atoms with Crippen LogP contribution in [0, 0.1) is 0 Å². The lowest BCUT2D eigenvalue weighted by Gasteiger charge is -2.30. The molecular formula is C12H19N3O3S. The normalized spacial score (nSPS) is 18.4. The van der Waals surface area contributed by atoms with Crippen molar-refractivity contribution in [1.29, 1.82) is 0 Å². The zero-order chi connectivity index (χ0) is 14.1. The van der Waals surface area contributed by atoms with Gasteiger partial charge < -0.3 is 16.2 Å². The average Bonchev–Trinajstić information content (AvgIpc) is 2.80. The molecule has 1 aliphatic rings. The van der Waals surface area contributed by atoms with E-state index in [-0.39, 0.29) is 17.0 Å². The molecule has 6 N–H and O–H groups in total. The summed E-state index contributed by atoms with van der Waals surface area (Å²) >= 11 is 0. The Labute approximate surface area is 112 Å². The number of anilines is 2. The summed E-state index contributed by atoms with van der Waals surface area (Å²) < 4.78 is 22.4. The Kier molecular flexibility index (Phi) is 3.71. The summed E-state index contributed by atoms with van der Waals surface area (Å²) in [6.45, 7) is 0.0311. The third kappa shape index (κ3) is 2.99. The van der Waals surface area contributed by atoms with Crippen LogP contribution in [-0.2, 0) is 10.0 Å². The molecule has 106 valence electrons. The zero-order valence-electron chi connectivity index (χ0n) is 10.6. The van der Waals surface area contributed by atoms with Gasteiger partial charge in [-0.2, -0.15) is 0 Å². The molecule has 1 aromatic rings. The van der Waals surface area contributed by atoms with Crippen LogP contribution in [0.1, 0.15) is 25.7 Å². The highest BCUT2D eigenvalue weighted by molar-refractivity contribution is 7.89. The number of nitrogen functional groups attached to an aromatic ring is 1. The summed E-state index contributed by atoms with van der Waals surface area (Å²) in [6.07, 6.45) is 3.87. The van der Waals surface area contributed by atoms with E-state index in [1.165, 1.54) is 12.1 Å². The van der Waals surface area contributed by atoms with Gasteiger partial charge in [-0.15, -0.1) is 0 Å². The van der Waals surface area contributed by atoms with Crippen molar-refractivity contribution < 1.29 is 13.5 Å². The van der Waals surface area contributed by atoms with E-state index in [0.717, 1.165) is 25.7 Å². The lowest BCUT2D eigenvalue weighted by atomic mass is 9.98. The molecule has 0 radical (unpaired) electrons. The predicted molar refractivity (Wildman–Crippen MR) is 74.1 cm³/mol. The molecule has 0 saturated heterocycles. The van der Waals surface area contributed by atoms with Crippen LogP contribution < -0.4 is 16.2 Å². The van der Waals surface area contributed by atoms with Gasteiger partial charge >= 0.3 is 0 Å². The topological polar surface area (TPSA) is 118 Å². The third-order valence-corrected chi connectivity index (χ3v) is 4.53. The second-order valence-electron chi connectivity index (χ2n) is 5.06. The smallest absolute Gasteiger partial charge is 0.238 e. The maximum Gasteiger partial charge on any atom is 0.238 e. The fourth-order valence-electron chi connectivity index (χ4n) is 2.49. The number of aliphatic hydroxyl groups is 1. The number of nitrogens with two attached hydrogens (primary N) is 2. The van der Waals surface area contributed by atoms with Crippen molar-refractivity contribution in [3.63, 3.8) is 0 Å². The number of primary sulfonamides is 1. The van der Waals surface area contributed by atoms with Crippen molar-refractivity contribution >= 4 is 21.4 Å². The minimum atomic E-state index is -3.75. The van der Waals surface area contributed by atoms with Gasteiger partial charge in [0, 0.05) is 0 Å². The Morgan fingerprint density at radius 2 is 1.95 bits per heavy atom. The number of hydrogen-bond donors (Lipinski definition) is 4. The molecule has 0 atom stereocenters. The highest BCUT2D eigenvalue weighted by Crippen LogP contribution is 2.34. The van der Waals surface area contributed by atoms with E-state index < -0.39 is 10.0 Å². The van der Waals surface area contributed by atoms with E-state index in [9.17, 15) is 13.5 Å². The molecule has 0 aliphatic heterocycles. The van der Waals surface area contributed by atoms with Crippen molar-refractivity contribution in [3.05, 3.63) is 18.2 Å². The summed E-state index contributed by atoms with van der Waals surface area (Å²) in [5.74, 6) is 0. The predicted octanol–water partition coefficient (Wildman–Crippen LogP) is 0.633. The largest absolute Gasteiger partial charge is 0.397 e. The summed E-state index contributed by atoms with van der Waals surface area (Å²) in [6, 6.07) is 4.33. The molecule has 2 rings (SSSR count). The van der Waals surface area contributed by atoms with Crippen molar-refractivity contribution in [2.75, 3.05) is 17.7 Å². The minimum absolute atomic E-state index is 0.0139. The Hall–Kier alpha value is -1.31. The van der Waals surface area contributed by atoms with Gasteiger partial charge in [0.1, 0.15) is 0 Å². The number of benzene rings is 1. The van der Waals surface area contributed by atoms with Crippen LogP contribution in [0.25, 0.3) is 0 Å². The fraction of sp³-hybridized carbons (Fsp3) is 0.500. The number of sulfonamides is 1. The van der Waals surface area contributed by atoms with Crippen LogP contribution in [0.4, 0.5) is 11.4 Å². The van der Waals surface area contributed by atoms with Gasteiger partial charge in [-0.25, -0.2) is 13.6 Å². The summed E-state index contributed by atoms with van der Waals surface area (Å²) in [4.78, 5) is -0.0139. The zero-order valence-corrected chi connectivity index (χ0v) is 11.4. The van der Waals surface area contributed by atoms with Crippen LogP contribution in [0.2, 0.25) is 0 Å². The molecule has 0 spiro atoms.